The molecular weight excluding hydrogens is 502 g/mol. The van der Waals surface area contributed by atoms with Crippen molar-refractivity contribution >= 4 is 35.1 Å². The zero-order chi connectivity index (χ0) is 26.9. The number of carboxylic acid groups (broad SMARTS) is 1. The van der Waals surface area contributed by atoms with Crippen LogP contribution in [-0.2, 0) is 35.3 Å². The van der Waals surface area contributed by atoms with Crippen LogP contribution in [0, 0.1) is 0 Å². The average Bonchev–Trinajstić information content (AvgIpc) is 2.92. The van der Waals surface area contributed by atoms with E-state index in [-0.39, 0.29) is 12.2 Å². The van der Waals surface area contributed by atoms with Gasteiger partial charge in [0, 0.05) is 32.0 Å². The fourth-order valence-electron chi connectivity index (χ4n) is 4.79. The van der Waals surface area contributed by atoms with Gasteiger partial charge in [0.25, 0.3) is 5.91 Å². The molecule has 0 bridgehead atoms. The minimum atomic E-state index is -1.11. The first kappa shape index (κ1) is 27.3. The first-order valence-electron chi connectivity index (χ1n) is 13.0. The summed E-state index contributed by atoms with van der Waals surface area (Å²) in [5.41, 5.74) is 4.04. The van der Waals surface area contributed by atoms with Gasteiger partial charge in [-0.25, -0.2) is 9.78 Å². The Morgan fingerprint density at radius 2 is 1.74 bits per heavy atom. The molecule has 1 aromatic heterocycles. The molecule has 0 saturated carbocycles. The molecule has 3 aromatic rings. The predicted molar refractivity (Wildman–Crippen MR) is 148 cm³/mol. The number of aryl methyl sites for hydroxylation is 1. The van der Waals surface area contributed by atoms with Crippen LogP contribution in [0.4, 0.5) is 5.82 Å². The van der Waals surface area contributed by atoms with E-state index in [1.54, 1.807) is 12.3 Å². The van der Waals surface area contributed by atoms with E-state index in [1.165, 1.54) is 0 Å². The number of rotatable bonds is 12. The van der Waals surface area contributed by atoms with Crippen molar-refractivity contribution in [2.45, 2.75) is 57.4 Å². The van der Waals surface area contributed by atoms with Crippen molar-refractivity contribution in [3.8, 4) is 0 Å². The normalized spacial score (nSPS) is 13.3. The maximum absolute atomic E-state index is 13.1. The van der Waals surface area contributed by atoms with Crippen LogP contribution in [0.25, 0.3) is 0 Å². The van der Waals surface area contributed by atoms with Crippen LogP contribution in [0.15, 0.2) is 60.8 Å². The number of amides is 1. The van der Waals surface area contributed by atoms with E-state index in [0.717, 1.165) is 53.8 Å². The van der Waals surface area contributed by atoms with Gasteiger partial charge in [-0.05, 0) is 72.6 Å². The summed E-state index contributed by atoms with van der Waals surface area (Å²) >= 11 is 6.36. The summed E-state index contributed by atoms with van der Waals surface area (Å²) in [6.07, 6.45) is 7.04. The Hall–Kier alpha value is -3.71. The number of aromatic nitrogens is 1. The molecule has 198 valence electrons. The molecule has 1 amide bonds. The highest BCUT2D eigenvalue weighted by Crippen LogP contribution is 2.29. The number of pyridine rings is 1. The topological polar surface area (TPSA) is 108 Å². The molecule has 3 N–H and O–H groups in total. The van der Waals surface area contributed by atoms with Crippen molar-refractivity contribution in [2.75, 3.05) is 11.9 Å². The monoisotopic (exact) mass is 533 g/mol. The van der Waals surface area contributed by atoms with Gasteiger partial charge in [0.2, 0.25) is 0 Å². The van der Waals surface area contributed by atoms with Crippen LogP contribution in [-0.4, -0.2) is 40.3 Å². The molecule has 0 aliphatic heterocycles. The molecule has 8 heteroatoms. The van der Waals surface area contributed by atoms with E-state index in [2.05, 4.69) is 15.6 Å². The Morgan fingerprint density at radius 3 is 2.47 bits per heavy atom. The highest BCUT2D eigenvalue weighted by Gasteiger charge is 2.26. The lowest BCUT2D eigenvalue weighted by Gasteiger charge is -2.21. The number of anilines is 1. The highest BCUT2D eigenvalue weighted by molar-refractivity contribution is 6.34. The van der Waals surface area contributed by atoms with Gasteiger partial charge in [0.15, 0.2) is 0 Å². The van der Waals surface area contributed by atoms with Crippen LogP contribution in [0.5, 0.6) is 0 Å². The van der Waals surface area contributed by atoms with Gasteiger partial charge in [-0.15, -0.1) is 0 Å². The van der Waals surface area contributed by atoms with Crippen LogP contribution in [0.2, 0.25) is 5.02 Å². The molecule has 38 heavy (non-hydrogen) atoms. The second-order valence-corrected chi connectivity index (χ2v) is 10.0. The Balaban J connectivity index is 1.30. The van der Waals surface area contributed by atoms with Crippen molar-refractivity contribution in [3.05, 3.63) is 93.6 Å². The second-order valence-electron chi connectivity index (χ2n) is 9.61. The predicted octanol–water partition coefficient (Wildman–Crippen LogP) is 5.04. The lowest BCUT2D eigenvalue weighted by atomic mass is 9.88. The zero-order valence-corrected chi connectivity index (χ0v) is 22.0. The number of hydrogen-bond donors (Lipinski definition) is 3. The third-order valence-electron chi connectivity index (χ3n) is 6.78. The van der Waals surface area contributed by atoms with Gasteiger partial charge in [0.1, 0.15) is 17.6 Å². The Labute approximate surface area is 227 Å². The minimum Gasteiger partial charge on any atom is -0.480 e. The first-order valence-corrected chi connectivity index (χ1v) is 13.4. The van der Waals surface area contributed by atoms with E-state index < -0.39 is 17.9 Å². The van der Waals surface area contributed by atoms with Gasteiger partial charge >= 0.3 is 5.97 Å². The summed E-state index contributed by atoms with van der Waals surface area (Å²) in [6, 6.07) is 15.5. The summed E-state index contributed by atoms with van der Waals surface area (Å²) in [5, 5.41) is 16.0. The Bertz CT molecular complexity index is 1280. The third kappa shape index (κ3) is 7.42. The van der Waals surface area contributed by atoms with E-state index in [0.29, 0.717) is 36.4 Å². The number of nitrogens with zero attached hydrogens (tertiary/aromatic N) is 1. The molecule has 1 heterocycles. The average molecular weight is 534 g/mol. The molecule has 0 fully saturated rings. The number of nitrogens with one attached hydrogen (secondary N) is 2. The summed E-state index contributed by atoms with van der Waals surface area (Å²) in [6.45, 7) is 0.668. The van der Waals surface area contributed by atoms with E-state index >= 15 is 0 Å². The fourth-order valence-corrected chi connectivity index (χ4v) is 5.05. The van der Waals surface area contributed by atoms with Crippen LogP contribution in [0.3, 0.4) is 0 Å². The Kier molecular flexibility index (Phi) is 9.49. The molecule has 0 unspecified atom stereocenters. The number of benzene rings is 2. The van der Waals surface area contributed by atoms with Crippen LogP contribution >= 0.6 is 11.6 Å². The number of fused-ring (bicyclic) bond motifs is 1. The lowest BCUT2D eigenvalue weighted by molar-refractivity contribution is -0.139. The van der Waals surface area contributed by atoms with Crippen molar-refractivity contribution in [1.29, 1.82) is 0 Å². The van der Waals surface area contributed by atoms with Crippen molar-refractivity contribution in [3.63, 3.8) is 0 Å². The third-order valence-corrected chi connectivity index (χ3v) is 7.09. The van der Waals surface area contributed by atoms with Gasteiger partial charge in [-0.2, -0.15) is 0 Å². The molecule has 0 radical (unpaired) electrons. The van der Waals surface area contributed by atoms with Crippen LogP contribution in [0.1, 0.15) is 58.3 Å². The number of carbonyl (C=O) groups excluding carboxylic acids is 2. The number of carbonyl (C=O) groups is 3. The van der Waals surface area contributed by atoms with E-state index in [1.807, 2.05) is 48.5 Å². The highest BCUT2D eigenvalue weighted by atomic mass is 35.5. The van der Waals surface area contributed by atoms with Gasteiger partial charge in [-0.3, -0.25) is 9.59 Å². The number of aliphatic carboxylic acids is 1. The Morgan fingerprint density at radius 1 is 0.974 bits per heavy atom. The second kappa shape index (κ2) is 13.2. The lowest BCUT2D eigenvalue weighted by Crippen LogP contribution is -2.42. The molecule has 0 saturated heterocycles. The number of carboxylic acids is 1. The van der Waals surface area contributed by atoms with Crippen molar-refractivity contribution in [1.82, 2.24) is 10.3 Å². The minimum absolute atomic E-state index is 0.126. The standard InChI is InChI=1S/C30H32ClN3O4/c31-25-15-14-22-6-1-2-8-24(22)28(25)29(36)34-26(30(37)38)19-21-12-10-20(11-13-21)18-23(35)7-5-17-33-27-9-3-4-16-32-27/h3-4,9-16,26H,1-2,5-8,17-19H2,(H,32,33)(H,34,36)(H,37,38)/t26-/m0/s1. The number of ketones is 1. The molecule has 1 atom stereocenters. The summed E-state index contributed by atoms with van der Waals surface area (Å²) in [4.78, 5) is 41.6. The SMILES string of the molecule is O=C(CCCNc1ccccn1)Cc1ccc(C[C@H](NC(=O)c2c(Cl)ccc3c2CCCC3)C(=O)O)cc1. The number of Topliss-reactive ketones (excluding diaryl/α,β-unsaturated/α-hetero) is 1. The molecule has 1 aliphatic carbocycles. The van der Waals surface area contributed by atoms with Crippen molar-refractivity contribution in [2.24, 2.45) is 0 Å². The maximum atomic E-state index is 13.1. The fraction of sp³-hybridized carbons (Fsp3) is 0.333. The number of hydrogen-bond acceptors (Lipinski definition) is 5. The zero-order valence-electron chi connectivity index (χ0n) is 21.2. The summed E-state index contributed by atoms with van der Waals surface area (Å²) < 4.78 is 0. The van der Waals surface area contributed by atoms with Crippen molar-refractivity contribution < 1.29 is 19.5 Å². The molecule has 1 aliphatic rings. The van der Waals surface area contributed by atoms with E-state index in [4.69, 9.17) is 11.6 Å². The summed E-state index contributed by atoms with van der Waals surface area (Å²) in [7, 11) is 0. The smallest absolute Gasteiger partial charge is 0.326 e. The van der Waals surface area contributed by atoms with E-state index in [9.17, 15) is 19.5 Å². The molecule has 4 rings (SSSR count). The van der Waals surface area contributed by atoms with Gasteiger partial charge in [-0.1, -0.05) is 48.0 Å². The van der Waals surface area contributed by atoms with Gasteiger partial charge < -0.3 is 15.7 Å². The largest absolute Gasteiger partial charge is 0.480 e. The van der Waals surface area contributed by atoms with Crippen LogP contribution < -0.4 is 10.6 Å². The quantitative estimate of drug-likeness (QED) is 0.281. The maximum Gasteiger partial charge on any atom is 0.326 e. The molecule has 7 nitrogen and oxygen atoms in total. The first-order chi connectivity index (χ1) is 18.4. The molecule has 0 spiro atoms. The number of halogens is 1. The van der Waals surface area contributed by atoms with Gasteiger partial charge in [0.05, 0.1) is 10.6 Å². The molecular formula is C30H32ClN3O4. The molecule has 2 aromatic carbocycles. The summed E-state index contributed by atoms with van der Waals surface area (Å²) in [5.74, 6) is -0.643.